The molecule has 2 rings (SSSR count). The van der Waals surface area contributed by atoms with Crippen molar-refractivity contribution >= 4 is 23.2 Å². The molecule has 5 nitrogen and oxygen atoms in total. The number of rotatable bonds is 6. The number of carbonyl (C=O) groups is 2. The molecule has 1 aromatic heterocycles. The van der Waals surface area contributed by atoms with Crippen molar-refractivity contribution in [2.75, 3.05) is 6.54 Å². The maximum absolute atomic E-state index is 11.6. The predicted octanol–water partition coefficient (Wildman–Crippen LogP) is 1.76. The van der Waals surface area contributed by atoms with Gasteiger partial charge in [0.2, 0.25) is 5.01 Å². The maximum atomic E-state index is 11.6. The number of aromatic carboxylic acids is 1. The van der Waals surface area contributed by atoms with Crippen molar-refractivity contribution in [1.82, 2.24) is 10.3 Å². The smallest absolute Gasteiger partial charge is 0.365 e. The van der Waals surface area contributed by atoms with Crippen molar-refractivity contribution in [3.05, 3.63) is 16.1 Å². The fourth-order valence-electron chi connectivity index (χ4n) is 1.57. The normalized spacial score (nSPS) is 14.6. The zero-order valence-electron chi connectivity index (χ0n) is 9.31. The molecule has 17 heavy (non-hydrogen) atoms. The first-order valence-electron chi connectivity index (χ1n) is 5.64. The lowest BCUT2D eigenvalue weighted by Gasteiger charge is -2.01. The Kier molecular flexibility index (Phi) is 3.73. The van der Waals surface area contributed by atoms with Gasteiger partial charge < -0.3 is 10.4 Å². The van der Waals surface area contributed by atoms with Crippen LogP contribution in [0.15, 0.2) is 5.38 Å². The lowest BCUT2D eigenvalue weighted by Crippen LogP contribution is -2.24. The van der Waals surface area contributed by atoms with Crippen LogP contribution in [-0.4, -0.2) is 28.5 Å². The minimum Gasteiger partial charge on any atom is -0.476 e. The van der Waals surface area contributed by atoms with E-state index >= 15 is 0 Å². The van der Waals surface area contributed by atoms with E-state index in [0.717, 1.165) is 30.1 Å². The van der Waals surface area contributed by atoms with Crippen LogP contribution in [0.3, 0.4) is 0 Å². The molecule has 1 amide bonds. The minimum absolute atomic E-state index is 0.0480. The highest BCUT2D eigenvalue weighted by Gasteiger charge is 2.20. The van der Waals surface area contributed by atoms with E-state index in [-0.39, 0.29) is 16.6 Å². The Labute approximate surface area is 103 Å². The van der Waals surface area contributed by atoms with Gasteiger partial charge in [-0.15, -0.1) is 11.3 Å². The molecular formula is C11H14N2O3S. The van der Waals surface area contributed by atoms with E-state index in [9.17, 15) is 9.59 Å². The number of hydrogen-bond acceptors (Lipinski definition) is 4. The first kappa shape index (κ1) is 12.0. The van der Waals surface area contributed by atoms with Gasteiger partial charge in [0.05, 0.1) is 0 Å². The summed E-state index contributed by atoms with van der Waals surface area (Å²) in [4.78, 5) is 25.9. The summed E-state index contributed by atoms with van der Waals surface area (Å²) in [5.74, 6) is -0.517. The number of carbonyl (C=O) groups excluding carboxylic acids is 1. The molecule has 0 radical (unpaired) electrons. The van der Waals surface area contributed by atoms with E-state index in [1.54, 1.807) is 0 Å². The zero-order chi connectivity index (χ0) is 12.3. The van der Waals surface area contributed by atoms with Crippen LogP contribution in [0.5, 0.6) is 0 Å². The van der Waals surface area contributed by atoms with E-state index in [1.165, 1.54) is 18.2 Å². The number of hydrogen-bond donors (Lipinski definition) is 2. The highest BCUT2D eigenvalue weighted by Crippen LogP contribution is 2.33. The number of nitrogens with one attached hydrogen (secondary N) is 1. The second-order valence-corrected chi connectivity index (χ2v) is 5.04. The van der Waals surface area contributed by atoms with E-state index in [1.807, 2.05) is 0 Å². The standard InChI is InChI=1S/C11H14N2O3S/c14-9(12-5-1-2-7-3-4-7)8-6-17-10(13-8)11(15)16/h6-7H,1-5H2,(H,12,14)(H,15,16). The second-order valence-electron chi connectivity index (χ2n) is 4.18. The van der Waals surface area contributed by atoms with Crippen LogP contribution in [0.1, 0.15) is 46.0 Å². The van der Waals surface area contributed by atoms with Gasteiger partial charge in [0.1, 0.15) is 5.69 Å². The van der Waals surface area contributed by atoms with Crippen molar-refractivity contribution in [3.8, 4) is 0 Å². The van der Waals surface area contributed by atoms with Crippen LogP contribution >= 0.6 is 11.3 Å². The van der Waals surface area contributed by atoms with Crippen LogP contribution in [0.4, 0.5) is 0 Å². The summed E-state index contributed by atoms with van der Waals surface area (Å²) in [5, 5.41) is 12.8. The molecule has 0 aliphatic heterocycles. The average molecular weight is 254 g/mol. The Bertz CT molecular complexity index is 426. The number of carboxylic acids is 1. The first-order chi connectivity index (χ1) is 8.16. The molecule has 0 spiro atoms. The number of carboxylic acid groups (broad SMARTS) is 1. The lowest BCUT2D eigenvalue weighted by molar-refractivity contribution is 0.0696. The summed E-state index contributed by atoms with van der Waals surface area (Å²) in [7, 11) is 0. The summed E-state index contributed by atoms with van der Waals surface area (Å²) in [6.07, 6.45) is 4.79. The van der Waals surface area contributed by atoms with E-state index in [4.69, 9.17) is 5.11 Å². The summed E-state index contributed by atoms with van der Waals surface area (Å²) < 4.78 is 0. The third-order valence-corrected chi connectivity index (χ3v) is 3.52. The summed E-state index contributed by atoms with van der Waals surface area (Å²) in [6.45, 7) is 0.634. The lowest BCUT2D eigenvalue weighted by atomic mass is 10.2. The largest absolute Gasteiger partial charge is 0.476 e. The molecule has 1 aliphatic rings. The van der Waals surface area contributed by atoms with Crippen molar-refractivity contribution in [3.63, 3.8) is 0 Å². The van der Waals surface area contributed by atoms with Gasteiger partial charge >= 0.3 is 5.97 Å². The van der Waals surface area contributed by atoms with Gasteiger partial charge in [-0.3, -0.25) is 4.79 Å². The topological polar surface area (TPSA) is 79.3 Å². The van der Waals surface area contributed by atoms with Crippen LogP contribution < -0.4 is 5.32 Å². The van der Waals surface area contributed by atoms with Crippen LogP contribution in [0.2, 0.25) is 0 Å². The summed E-state index contributed by atoms with van der Waals surface area (Å²) in [6, 6.07) is 0. The molecule has 2 N–H and O–H groups in total. The maximum Gasteiger partial charge on any atom is 0.365 e. The second kappa shape index (κ2) is 5.27. The number of nitrogens with zero attached hydrogens (tertiary/aromatic N) is 1. The number of amides is 1. The number of aromatic nitrogens is 1. The van der Waals surface area contributed by atoms with Crippen molar-refractivity contribution in [2.45, 2.75) is 25.7 Å². The van der Waals surface area contributed by atoms with E-state index in [2.05, 4.69) is 10.3 Å². The summed E-state index contributed by atoms with van der Waals surface area (Å²) >= 11 is 0.969. The molecule has 0 bridgehead atoms. The van der Waals surface area contributed by atoms with Crippen molar-refractivity contribution in [2.24, 2.45) is 5.92 Å². The first-order valence-corrected chi connectivity index (χ1v) is 6.52. The molecule has 0 atom stereocenters. The Morgan fingerprint density at radius 2 is 2.29 bits per heavy atom. The fraction of sp³-hybridized carbons (Fsp3) is 0.545. The van der Waals surface area contributed by atoms with Crippen LogP contribution in [0.25, 0.3) is 0 Å². The number of thiazole rings is 1. The third-order valence-electron chi connectivity index (χ3n) is 2.69. The molecule has 1 fully saturated rings. The van der Waals surface area contributed by atoms with Crippen LogP contribution in [0, 0.1) is 5.92 Å². The molecule has 0 saturated heterocycles. The van der Waals surface area contributed by atoms with Gasteiger partial charge in [-0.2, -0.15) is 0 Å². The molecule has 1 heterocycles. The van der Waals surface area contributed by atoms with Gasteiger partial charge in [-0.05, 0) is 18.8 Å². The predicted molar refractivity (Wildman–Crippen MR) is 63.4 cm³/mol. The molecule has 1 saturated carbocycles. The van der Waals surface area contributed by atoms with E-state index < -0.39 is 5.97 Å². The van der Waals surface area contributed by atoms with E-state index in [0.29, 0.717) is 6.54 Å². The van der Waals surface area contributed by atoms with Crippen LogP contribution in [-0.2, 0) is 0 Å². The van der Waals surface area contributed by atoms with Gasteiger partial charge in [0.15, 0.2) is 0 Å². The van der Waals surface area contributed by atoms with Gasteiger partial charge in [0.25, 0.3) is 5.91 Å². The highest BCUT2D eigenvalue weighted by molar-refractivity contribution is 7.11. The monoisotopic (exact) mass is 254 g/mol. The minimum atomic E-state index is -1.09. The van der Waals surface area contributed by atoms with Gasteiger partial charge in [0, 0.05) is 11.9 Å². The Balaban J connectivity index is 1.75. The zero-order valence-corrected chi connectivity index (χ0v) is 10.1. The molecule has 1 aromatic rings. The molecule has 0 aromatic carbocycles. The van der Waals surface area contributed by atoms with Crippen molar-refractivity contribution < 1.29 is 14.7 Å². The quantitative estimate of drug-likeness (QED) is 0.758. The van der Waals surface area contributed by atoms with Crippen molar-refractivity contribution in [1.29, 1.82) is 0 Å². The molecular weight excluding hydrogens is 240 g/mol. The molecule has 1 aliphatic carbocycles. The average Bonchev–Trinajstić information content (AvgIpc) is 2.97. The SMILES string of the molecule is O=C(NCCCC1CC1)c1csc(C(=O)O)n1. The Hall–Kier alpha value is -1.43. The molecule has 92 valence electrons. The molecule has 6 heteroatoms. The Morgan fingerprint density at radius 3 is 2.88 bits per heavy atom. The van der Waals surface area contributed by atoms with Gasteiger partial charge in [-0.25, -0.2) is 9.78 Å². The highest BCUT2D eigenvalue weighted by atomic mass is 32.1. The third kappa shape index (κ3) is 3.52. The Morgan fingerprint density at radius 1 is 1.53 bits per heavy atom. The van der Waals surface area contributed by atoms with Gasteiger partial charge in [-0.1, -0.05) is 12.8 Å². The molecule has 0 unspecified atom stereocenters. The fourth-order valence-corrected chi connectivity index (χ4v) is 2.20. The summed E-state index contributed by atoms with van der Waals surface area (Å²) in [5.41, 5.74) is 0.193.